The van der Waals surface area contributed by atoms with Crippen molar-refractivity contribution in [3.8, 4) is 0 Å². The first-order valence-electron chi connectivity index (χ1n) is 8.27. The number of para-hydroxylation sites is 2. The molecule has 2 aliphatic heterocycles. The second kappa shape index (κ2) is 6.13. The van der Waals surface area contributed by atoms with E-state index in [-0.39, 0.29) is 11.8 Å². The fraction of sp³-hybridized carbons (Fsp3) is 0.263. The molecule has 2 amide bonds. The first-order chi connectivity index (χ1) is 12.1. The molecule has 1 aromatic carbocycles. The summed E-state index contributed by atoms with van der Waals surface area (Å²) in [6.07, 6.45) is 2.71. The van der Waals surface area contributed by atoms with Crippen molar-refractivity contribution in [2.45, 2.75) is 13.3 Å². The Morgan fingerprint density at radius 1 is 1.28 bits per heavy atom. The number of anilines is 3. The highest BCUT2D eigenvalue weighted by atomic mass is 32.1. The van der Waals surface area contributed by atoms with Gasteiger partial charge in [0.25, 0.3) is 11.8 Å². The molecule has 2 aromatic rings. The van der Waals surface area contributed by atoms with Crippen LogP contribution >= 0.6 is 11.3 Å². The molecule has 1 aromatic heterocycles. The molecule has 0 unspecified atom stereocenters. The molecule has 0 aliphatic carbocycles. The first-order valence-corrected chi connectivity index (χ1v) is 9.14. The normalized spacial score (nSPS) is 17.3. The summed E-state index contributed by atoms with van der Waals surface area (Å²) in [5.74, 6) is -0.209. The number of benzene rings is 1. The van der Waals surface area contributed by atoms with Crippen LogP contribution in [-0.2, 0) is 4.79 Å². The van der Waals surface area contributed by atoms with E-state index in [4.69, 9.17) is 0 Å². The van der Waals surface area contributed by atoms with E-state index in [0.29, 0.717) is 23.4 Å². The summed E-state index contributed by atoms with van der Waals surface area (Å²) in [5, 5.41) is 4.76. The first kappa shape index (κ1) is 16.1. The number of nitrogens with one attached hydrogen (secondary N) is 1. The highest BCUT2D eigenvalue weighted by Crippen LogP contribution is 2.43. The molecule has 6 heteroatoms. The summed E-state index contributed by atoms with van der Waals surface area (Å²) in [7, 11) is 2.04. The summed E-state index contributed by atoms with van der Waals surface area (Å²) in [5.41, 5.74) is 3.45. The van der Waals surface area contributed by atoms with Gasteiger partial charge in [0.05, 0.1) is 22.6 Å². The van der Waals surface area contributed by atoms with Gasteiger partial charge in [0.2, 0.25) is 0 Å². The van der Waals surface area contributed by atoms with Crippen molar-refractivity contribution in [2.75, 3.05) is 30.4 Å². The van der Waals surface area contributed by atoms with E-state index >= 15 is 0 Å². The molecule has 128 valence electrons. The molecule has 3 heterocycles. The minimum Gasteiger partial charge on any atom is -0.320 e. The smallest absolute Gasteiger partial charge is 0.258 e. The average molecular weight is 353 g/mol. The van der Waals surface area contributed by atoms with Crippen molar-refractivity contribution in [2.24, 2.45) is 0 Å². The Bertz CT molecular complexity index is 900. The minimum absolute atomic E-state index is 0.0419. The van der Waals surface area contributed by atoms with Crippen LogP contribution in [0.5, 0.6) is 0 Å². The van der Waals surface area contributed by atoms with Crippen LogP contribution in [0, 0.1) is 6.92 Å². The molecule has 25 heavy (non-hydrogen) atoms. The fourth-order valence-corrected chi connectivity index (χ4v) is 4.12. The maximum atomic E-state index is 13.4. The highest BCUT2D eigenvalue weighted by molar-refractivity contribution is 7.11. The number of likely N-dealkylation sites (N-methyl/N-ethyl adjacent to an activating group) is 1. The Kier molecular flexibility index (Phi) is 3.94. The number of hydrogen-bond donors (Lipinski definition) is 1. The Morgan fingerprint density at radius 3 is 2.84 bits per heavy atom. The number of fused-ring (bicyclic) bond motifs is 2. The number of carbonyl (C=O) groups excluding carboxylic acids is 2. The van der Waals surface area contributed by atoms with Crippen LogP contribution in [0.2, 0.25) is 0 Å². The molecule has 4 rings (SSSR count). The van der Waals surface area contributed by atoms with Crippen molar-refractivity contribution in [3.05, 3.63) is 51.7 Å². The zero-order valence-electron chi connectivity index (χ0n) is 14.2. The third kappa shape index (κ3) is 2.67. The molecule has 0 radical (unpaired) electrons. The van der Waals surface area contributed by atoms with Crippen molar-refractivity contribution in [1.29, 1.82) is 0 Å². The summed E-state index contributed by atoms with van der Waals surface area (Å²) in [4.78, 5) is 30.9. The Morgan fingerprint density at radius 2 is 2.08 bits per heavy atom. The molecule has 2 aliphatic rings. The maximum absolute atomic E-state index is 13.4. The lowest BCUT2D eigenvalue weighted by Gasteiger charge is -2.28. The summed E-state index contributed by atoms with van der Waals surface area (Å²) >= 11 is 1.49. The second-order valence-electron chi connectivity index (χ2n) is 6.41. The zero-order valence-corrected chi connectivity index (χ0v) is 15.0. The molecule has 0 fully saturated rings. The van der Waals surface area contributed by atoms with Gasteiger partial charge in [0.15, 0.2) is 0 Å². The van der Waals surface area contributed by atoms with Crippen molar-refractivity contribution >= 4 is 40.2 Å². The molecule has 0 atom stereocenters. The van der Waals surface area contributed by atoms with Crippen LogP contribution in [0.1, 0.15) is 21.7 Å². The van der Waals surface area contributed by atoms with Gasteiger partial charge >= 0.3 is 0 Å². The molecular weight excluding hydrogens is 334 g/mol. The van der Waals surface area contributed by atoms with Gasteiger partial charge in [-0.15, -0.1) is 11.3 Å². The van der Waals surface area contributed by atoms with E-state index in [1.165, 1.54) is 11.3 Å². The Balaban J connectivity index is 1.88. The van der Waals surface area contributed by atoms with Crippen molar-refractivity contribution in [1.82, 2.24) is 4.90 Å². The number of amides is 2. The van der Waals surface area contributed by atoms with Crippen molar-refractivity contribution < 1.29 is 9.59 Å². The predicted octanol–water partition coefficient (Wildman–Crippen LogP) is 3.55. The maximum Gasteiger partial charge on any atom is 0.258 e. The largest absolute Gasteiger partial charge is 0.320 e. The average Bonchev–Trinajstić information content (AvgIpc) is 2.93. The van der Waals surface area contributed by atoms with E-state index in [2.05, 4.69) is 10.2 Å². The lowest BCUT2D eigenvalue weighted by molar-refractivity contribution is -0.114. The van der Waals surface area contributed by atoms with Crippen LogP contribution < -0.4 is 10.2 Å². The molecule has 0 bridgehead atoms. The number of nitrogens with zero attached hydrogens (tertiary/aromatic N) is 2. The van der Waals surface area contributed by atoms with E-state index in [9.17, 15) is 9.59 Å². The fourth-order valence-electron chi connectivity index (χ4n) is 3.29. The van der Waals surface area contributed by atoms with Crippen LogP contribution in [-0.4, -0.2) is 36.9 Å². The minimum atomic E-state index is -0.167. The van der Waals surface area contributed by atoms with Gasteiger partial charge in [-0.1, -0.05) is 18.2 Å². The third-order valence-corrected chi connectivity index (χ3v) is 5.59. The summed E-state index contributed by atoms with van der Waals surface area (Å²) in [6, 6.07) is 7.47. The lowest BCUT2D eigenvalue weighted by Crippen LogP contribution is -2.33. The van der Waals surface area contributed by atoms with E-state index < -0.39 is 0 Å². The predicted molar refractivity (Wildman–Crippen MR) is 101 cm³/mol. The summed E-state index contributed by atoms with van der Waals surface area (Å²) < 4.78 is 0. The van der Waals surface area contributed by atoms with Gasteiger partial charge in [0.1, 0.15) is 0 Å². The van der Waals surface area contributed by atoms with Gasteiger partial charge in [-0.3, -0.25) is 14.5 Å². The molecule has 0 saturated heterocycles. The van der Waals surface area contributed by atoms with Crippen LogP contribution in [0.3, 0.4) is 0 Å². The summed E-state index contributed by atoms with van der Waals surface area (Å²) in [6.45, 7) is 3.58. The van der Waals surface area contributed by atoms with Crippen LogP contribution in [0.25, 0.3) is 0 Å². The van der Waals surface area contributed by atoms with Gasteiger partial charge < -0.3 is 10.2 Å². The molecule has 0 spiro atoms. The molecule has 1 N–H and O–H groups in total. The monoisotopic (exact) mass is 353 g/mol. The van der Waals surface area contributed by atoms with Crippen LogP contribution in [0.4, 0.5) is 17.1 Å². The molecule has 0 saturated carbocycles. The van der Waals surface area contributed by atoms with E-state index in [1.807, 2.05) is 49.7 Å². The topological polar surface area (TPSA) is 52.7 Å². The lowest BCUT2D eigenvalue weighted by atomic mass is 10.1. The van der Waals surface area contributed by atoms with Crippen LogP contribution in [0.15, 0.2) is 41.3 Å². The highest BCUT2D eigenvalue weighted by Gasteiger charge is 2.33. The van der Waals surface area contributed by atoms with E-state index in [1.54, 1.807) is 4.90 Å². The van der Waals surface area contributed by atoms with Gasteiger partial charge in [0, 0.05) is 28.9 Å². The molecule has 5 nitrogen and oxygen atoms in total. The van der Waals surface area contributed by atoms with Gasteiger partial charge in [-0.25, -0.2) is 0 Å². The number of aryl methyl sites for hydroxylation is 1. The van der Waals surface area contributed by atoms with Gasteiger partial charge in [-0.05, 0) is 32.5 Å². The standard InChI is InChI=1S/C19H19N3O2S/c1-12-17-14(11-25-12)18(23)20-15-5-3-4-6-16(15)22(17)19(24)13-7-9-21(2)10-8-13/h3-7,11H,8-10H2,1-2H3,(H,20,23). The van der Waals surface area contributed by atoms with Crippen molar-refractivity contribution in [3.63, 3.8) is 0 Å². The SMILES string of the molecule is Cc1scc2c1N(C(=O)C1=CCN(C)CC1)c1ccccc1NC2=O. The second-order valence-corrected chi connectivity index (χ2v) is 7.49. The number of carbonyl (C=O) groups is 2. The molecular formula is C19H19N3O2S. The number of rotatable bonds is 1. The quantitative estimate of drug-likeness (QED) is 0.853. The number of hydrogen-bond acceptors (Lipinski definition) is 4. The number of thiophene rings is 1. The van der Waals surface area contributed by atoms with E-state index in [0.717, 1.165) is 29.2 Å². The Labute approximate surface area is 150 Å². The Hall–Kier alpha value is -2.44. The van der Waals surface area contributed by atoms with Gasteiger partial charge in [-0.2, -0.15) is 0 Å². The zero-order chi connectivity index (χ0) is 17.6. The third-order valence-electron chi connectivity index (χ3n) is 4.69.